The molecule has 0 atom stereocenters. The fourth-order valence-corrected chi connectivity index (χ4v) is 2.27. The molecular weight excluding hydrogens is 340 g/mol. The summed E-state index contributed by atoms with van der Waals surface area (Å²) in [6.07, 6.45) is 0.752. The molecule has 3 rings (SSSR count). The second-order valence-corrected chi connectivity index (χ2v) is 5.50. The Labute approximate surface area is 150 Å². The van der Waals surface area contributed by atoms with Crippen LogP contribution in [0.4, 0.5) is 0 Å². The topological polar surface area (TPSA) is 102 Å². The Bertz CT molecular complexity index is 753. The van der Waals surface area contributed by atoms with Gasteiger partial charge in [0.05, 0.1) is 13.5 Å². The van der Waals surface area contributed by atoms with Crippen LogP contribution in [-0.4, -0.2) is 36.1 Å². The molecule has 0 saturated heterocycles. The van der Waals surface area contributed by atoms with Crippen LogP contribution in [0.25, 0.3) is 0 Å². The maximum Gasteiger partial charge on any atom is 0.307 e. The van der Waals surface area contributed by atoms with Gasteiger partial charge in [0.1, 0.15) is 5.75 Å². The second kappa shape index (κ2) is 9.31. The number of aryl methyl sites for hydroxylation is 1. The van der Waals surface area contributed by atoms with Crippen molar-refractivity contribution in [1.29, 1.82) is 0 Å². The molecule has 0 saturated carbocycles. The molecule has 0 aliphatic carbocycles. The number of rotatable bonds is 6. The molecule has 0 amide bonds. The highest BCUT2D eigenvalue weighted by molar-refractivity contribution is 5.70. The Balaban J connectivity index is 0.000000187. The molecule has 0 aromatic heterocycles. The van der Waals surface area contributed by atoms with Crippen molar-refractivity contribution in [2.24, 2.45) is 0 Å². The van der Waals surface area contributed by atoms with E-state index in [1.807, 2.05) is 24.3 Å². The molecule has 2 aromatic carbocycles. The SMILES string of the molecule is COc1ccc(CCC(=O)O)cc1.O=C(O)Cc1ccc2c(c1)OCO2. The van der Waals surface area contributed by atoms with E-state index in [0.29, 0.717) is 17.9 Å². The van der Waals surface area contributed by atoms with Crippen molar-refractivity contribution in [3.8, 4) is 17.2 Å². The number of fused-ring (bicyclic) bond motifs is 1. The predicted molar refractivity (Wildman–Crippen MR) is 92.9 cm³/mol. The van der Waals surface area contributed by atoms with Gasteiger partial charge in [0.15, 0.2) is 11.5 Å². The minimum absolute atomic E-state index is 0.0106. The zero-order valence-corrected chi connectivity index (χ0v) is 14.3. The van der Waals surface area contributed by atoms with Gasteiger partial charge in [-0.1, -0.05) is 18.2 Å². The van der Waals surface area contributed by atoms with Crippen molar-refractivity contribution in [2.45, 2.75) is 19.3 Å². The highest BCUT2D eigenvalue weighted by Gasteiger charge is 2.13. The molecule has 0 bridgehead atoms. The molecule has 138 valence electrons. The van der Waals surface area contributed by atoms with Gasteiger partial charge in [-0.05, 0) is 41.8 Å². The van der Waals surface area contributed by atoms with Crippen molar-refractivity contribution in [3.63, 3.8) is 0 Å². The van der Waals surface area contributed by atoms with Crippen molar-refractivity contribution in [2.75, 3.05) is 13.9 Å². The molecule has 26 heavy (non-hydrogen) atoms. The van der Waals surface area contributed by atoms with Crippen LogP contribution in [-0.2, 0) is 22.4 Å². The first-order chi connectivity index (χ1) is 12.5. The zero-order valence-electron chi connectivity index (χ0n) is 14.3. The van der Waals surface area contributed by atoms with Crippen molar-refractivity contribution < 1.29 is 34.0 Å². The number of hydrogen-bond acceptors (Lipinski definition) is 5. The monoisotopic (exact) mass is 360 g/mol. The molecule has 1 aliphatic rings. The Morgan fingerprint density at radius 1 is 0.962 bits per heavy atom. The number of methoxy groups -OCH3 is 1. The molecule has 1 aliphatic heterocycles. The highest BCUT2D eigenvalue weighted by Crippen LogP contribution is 2.32. The third-order valence-electron chi connectivity index (χ3n) is 3.58. The van der Waals surface area contributed by atoms with E-state index in [1.54, 1.807) is 25.3 Å². The van der Waals surface area contributed by atoms with Crippen LogP contribution in [0, 0.1) is 0 Å². The lowest BCUT2D eigenvalue weighted by atomic mass is 10.1. The largest absolute Gasteiger partial charge is 0.497 e. The molecule has 0 fully saturated rings. The fourth-order valence-electron chi connectivity index (χ4n) is 2.27. The van der Waals surface area contributed by atoms with Gasteiger partial charge in [-0.15, -0.1) is 0 Å². The summed E-state index contributed by atoms with van der Waals surface area (Å²) in [6, 6.07) is 12.6. The van der Waals surface area contributed by atoms with Gasteiger partial charge in [-0.25, -0.2) is 0 Å². The van der Waals surface area contributed by atoms with Crippen LogP contribution in [0.15, 0.2) is 42.5 Å². The van der Waals surface area contributed by atoms with Crippen molar-refractivity contribution >= 4 is 11.9 Å². The van der Waals surface area contributed by atoms with E-state index in [4.69, 9.17) is 24.4 Å². The maximum absolute atomic E-state index is 10.4. The van der Waals surface area contributed by atoms with Crippen LogP contribution in [0.1, 0.15) is 17.5 Å². The molecule has 0 spiro atoms. The number of carbonyl (C=O) groups is 2. The minimum atomic E-state index is -0.848. The predicted octanol–water partition coefficient (Wildman–Crippen LogP) is 2.75. The van der Waals surface area contributed by atoms with E-state index in [9.17, 15) is 9.59 Å². The second-order valence-electron chi connectivity index (χ2n) is 5.50. The zero-order chi connectivity index (χ0) is 18.9. The third kappa shape index (κ3) is 6.01. The molecule has 2 aromatic rings. The summed E-state index contributed by atoms with van der Waals surface area (Å²) in [5.74, 6) is 0.474. The lowest BCUT2D eigenvalue weighted by Crippen LogP contribution is -1.99. The van der Waals surface area contributed by atoms with Crippen LogP contribution in [0.3, 0.4) is 0 Å². The average molecular weight is 360 g/mol. The fraction of sp³-hybridized carbons (Fsp3) is 0.263. The molecule has 7 nitrogen and oxygen atoms in total. The van der Waals surface area contributed by atoms with E-state index in [1.165, 1.54) is 0 Å². The molecule has 0 radical (unpaired) electrons. The van der Waals surface area contributed by atoms with Crippen molar-refractivity contribution in [3.05, 3.63) is 53.6 Å². The summed E-state index contributed by atoms with van der Waals surface area (Å²) in [6.45, 7) is 0.214. The number of carboxylic acids is 2. The highest BCUT2D eigenvalue weighted by atomic mass is 16.7. The number of benzene rings is 2. The smallest absolute Gasteiger partial charge is 0.307 e. The number of ether oxygens (including phenoxy) is 3. The molecule has 2 N–H and O–H groups in total. The summed E-state index contributed by atoms with van der Waals surface area (Å²) in [5.41, 5.74) is 1.74. The summed E-state index contributed by atoms with van der Waals surface area (Å²) in [5, 5.41) is 17.0. The molecular formula is C19H20O7. The van der Waals surface area contributed by atoms with Crippen molar-refractivity contribution in [1.82, 2.24) is 0 Å². The van der Waals surface area contributed by atoms with Crippen LogP contribution in [0.2, 0.25) is 0 Å². The maximum atomic E-state index is 10.4. The van der Waals surface area contributed by atoms with E-state index in [2.05, 4.69) is 0 Å². The number of hydrogen-bond donors (Lipinski definition) is 2. The van der Waals surface area contributed by atoms with Gasteiger partial charge >= 0.3 is 11.9 Å². The first-order valence-corrected chi connectivity index (χ1v) is 7.93. The van der Waals surface area contributed by atoms with Gasteiger partial charge in [0.2, 0.25) is 6.79 Å². The molecule has 7 heteroatoms. The van der Waals surface area contributed by atoms with Gasteiger partial charge in [-0.2, -0.15) is 0 Å². The lowest BCUT2D eigenvalue weighted by molar-refractivity contribution is -0.137. The first kappa shape index (κ1) is 19.1. The summed E-state index contributed by atoms with van der Waals surface area (Å²) in [4.78, 5) is 20.7. The van der Waals surface area contributed by atoms with Crippen LogP contribution >= 0.6 is 0 Å². The summed E-state index contributed by atoms with van der Waals surface area (Å²) < 4.78 is 15.2. The Kier molecular flexibility index (Phi) is 6.84. The van der Waals surface area contributed by atoms with E-state index >= 15 is 0 Å². The Hall–Kier alpha value is -3.22. The van der Waals surface area contributed by atoms with E-state index in [0.717, 1.165) is 16.9 Å². The standard InChI is InChI=1S/C10H12O3.C9H8O4/c1-13-9-5-2-8(3-6-9)4-7-10(11)12;10-9(11)4-6-1-2-7-8(3-6)13-5-12-7/h2-3,5-6H,4,7H2,1H3,(H,11,12);1-3H,4-5H2,(H,10,11). The van der Waals surface area contributed by atoms with Gasteiger partial charge in [0.25, 0.3) is 0 Å². The number of carboxylic acid groups (broad SMARTS) is 2. The normalized spacial score (nSPS) is 11.3. The Morgan fingerprint density at radius 2 is 1.62 bits per heavy atom. The quantitative estimate of drug-likeness (QED) is 0.816. The summed E-state index contributed by atoms with van der Waals surface area (Å²) in [7, 11) is 1.60. The molecule has 1 heterocycles. The third-order valence-corrected chi connectivity index (χ3v) is 3.58. The average Bonchev–Trinajstić information content (AvgIpc) is 3.08. The number of aliphatic carboxylic acids is 2. The van der Waals surface area contributed by atoms with Gasteiger partial charge in [-0.3, -0.25) is 9.59 Å². The van der Waals surface area contributed by atoms with E-state index in [-0.39, 0.29) is 19.6 Å². The lowest BCUT2D eigenvalue weighted by Gasteiger charge is -2.01. The van der Waals surface area contributed by atoms with E-state index < -0.39 is 11.9 Å². The van der Waals surface area contributed by atoms with Gasteiger partial charge in [0, 0.05) is 6.42 Å². The summed E-state index contributed by atoms with van der Waals surface area (Å²) >= 11 is 0. The Morgan fingerprint density at radius 3 is 2.23 bits per heavy atom. The first-order valence-electron chi connectivity index (χ1n) is 7.93. The van der Waals surface area contributed by atoms with Crippen LogP contribution < -0.4 is 14.2 Å². The van der Waals surface area contributed by atoms with Gasteiger partial charge < -0.3 is 24.4 Å². The molecule has 0 unspecified atom stereocenters. The minimum Gasteiger partial charge on any atom is -0.497 e. The van der Waals surface area contributed by atoms with Crippen LogP contribution in [0.5, 0.6) is 17.2 Å².